The molecule has 1 amide bonds. The van der Waals surface area contributed by atoms with Gasteiger partial charge in [0.2, 0.25) is 0 Å². The first-order valence-electron chi connectivity index (χ1n) is 9.78. The highest BCUT2D eigenvalue weighted by molar-refractivity contribution is 7.99. The average Bonchev–Trinajstić information content (AvgIpc) is 2.79. The molecule has 31 heavy (non-hydrogen) atoms. The van der Waals surface area contributed by atoms with E-state index in [4.69, 9.17) is 4.84 Å². The van der Waals surface area contributed by atoms with Crippen molar-refractivity contribution in [2.45, 2.75) is 18.7 Å². The number of hydroxylamine groups is 1. The number of aromatic nitrogens is 2. The predicted molar refractivity (Wildman–Crippen MR) is 122 cm³/mol. The summed E-state index contributed by atoms with van der Waals surface area (Å²) < 4.78 is 1.57. The van der Waals surface area contributed by atoms with Gasteiger partial charge < -0.3 is 0 Å². The first kappa shape index (κ1) is 20.8. The molecule has 4 aromatic rings. The zero-order chi connectivity index (χ0) is 21.6. The fourth-order valence-corrected chi connectivity index (χ4v) is 3.96. The van der Waals surface area contributed by atoms with Crippen molar-refractivity contribution in [2.24, 2.45) is 0 Å². The van der Waals surface area contributed by atoms with Crippen LogP contribution in [0.25, 0.3) is 16.6 Å². The van der Waals surface area contributed by atoms with Crippen LogP contribution < -0.4 is 11.0 Å². The highest BCUT2D eigenvalue weighted by atomic mass is 32.2. The first-order chi connectivity index (χ1) is 15.1. The second kappa shape index (κ2) is 9.59. The number of rotatable bonds is 7. The van der Waals surface area contributed by atoms with Gasteiger partial charge in [0.25, 0.3) is 11.5 Å². The minimum Gasteiger partial charge on any atom is -0.272 e. The number of nitrogens with one attached hydrogen (secondary N) is 1. The van der Waals surface area contributed by atoms with Gasteiger partial charge in [-0.05, 0) is 36.2 Å². The van der Waals surface area contributed by atoms with Crippen LogP contribution in [0.4, 0.5) is 0 Å². The van der Waals surface area contributed by atoms with E-state index in [0.717, 1.165) is 16.8 Å². The molecule has 1 N–H and O–H groups in total. The zero-order valence-electron chi connectivity index (χ0n) is 16.9. The first-order valence-corrected chi connectivity index (χ1v) is 10.8. The molecule has 0 fully saturated rings. The summed E-state index contributed by atoms with van der Waals surface area (Å²) in [4.78, 5) is 35.5. The molecule has 0 saturated heterocycles. The highest BCUT2D eigenvalue weighted by Gasteiger charge is 2.16. The van der Waals surface area contributed by atoms with Gasteiger partial charge in [0.15, 0.2) is 5.16 Å². The normalized spacial score (nSPS) is 10.9. The van der Waals surface area contributed by atoms with Crippen LogP contribution in [-0.4, -0.2) is 21.2 Å². The number of carbonyl (C=O) groups excluding carboxylic acids is 1. The number of hydrogen-bond acceptors (Lipinski definition) is 5. The molecule has 1 aromatic heterocycles. The van der Waals surface area contributed by atoms with E-state index in [1.54, 1.807) is 16.7 Å². The summed E-state index contributed by atoms with van der Waals surface area (Å²) in [6.07, 6.45) is 0. The summed E-state index contributed by atoms with van der Waals surface area (Å²) in [6.45, 7) is 2.22. The van der Waals surface area contributed by atoms with E-state index in [2.05, 4.69) is 10.5 Å². The molecular weight excluding hydrogens is 410 g/mol. The Kier molecular flexibility index (Phi) is 6.45. The maximum absolute atomic E-state index is 13.3. The molecule has 0 spiro atoms. The van der Waals surface area contributed by atoms with Gasteiger partial charge in [-0.2, -0.15) is 0 Å². The maximum Gasteiger partial charge on any atom is 0.266 e. The Morgan fingerprint density at radius 2 is 1.71 bits per heavy atom. The van der Waals surface area contributed by atoms with Gasteiger partial charge in [-0.25, -0.2) is 10.5 Å². The number of para-hydroxylation sites is 2. The number of carbonyl (C=O) groups is 1. The van der Waals surface area contributed by atoms with Crippen molar-refractivity contribution in [2.75, 3.05) is 5.75 Å². The number of thioether (sulfide) groups is 1. The van der Waals surface area contributed by atoms with E-state index in [9.17, 15) is 9.59 Å². The fourth-order valence-electron chi connectivity index (χ4n) is 3.17. The van der Waals surface area contributed by atoms with Crippen LogP contribution in [0.1, 0.15) is 11.1 Å². The molecular formula is C24H21N3O3S. The highest BCUT2D eigenvalue weighted by Crippen LogP contribution is 2.23. The Balaban J connectivity index is 1.55. The average molecular weight is 432 g/mol. The van der Waals surface area contributed by atoms with Gasteiger partial charge in [0.1, 0.15) is 0 Å². The molecule has 0 atom stereocenters. The van der Waals surface area contributed by atoms with E-state index in [1.807, 2.05) is 73.7 Å². The van der Waals surface area contributed by atoms with Crippen LogP contribution in [0, 0.1) is 6.92 Å². The quantitative estimate of drug-likeness (QED) is 0.272. The van der Waals surface area contributed by atoms with Crippen LogP contribution in [0.15, 0.2) is 88.8 Å². The fraction of sp³-hybridized carbons (Fsp3) is 0.125. The summed E-state index contributed by atoms with van der Waals surface area (Å²) >= 11 is 1.19. The van der Waals surface area contributed by atoms with E-state index in [1.165, 1.54) is 11.8 Å². The third kappa shape index (κ3) is 4.84. The lowest BCUT2D eigenvalue weighted by Gasteiger charge is -2.15. The van der Waals surface area contributed by atoms with Crippen molar-refractivity contribution in [1.29, 1.82) is 0 Å². The van der Waals surface area contributed by atoms with Crippen molar-refractivity contribution in [3.63, 3.8) is 0 Å². The summed E-state index contributed by atoms with van der Waals surface area (Å²) in [5.41, 5.74) is 5.53. The molecule has 0 aliphatic heterocycles. The molecule has 0 aliphatic carbocycles. The Hall–Kier alpha value is -3.42. The Morgan fingerprint density at radius 1 is 1.00 bits per heavy atom. The SMILES string of the molecule is Cc1ccccc1-n1c(SCC(=O)NOCc2ccccc2)nc2ccccc2c1=O. The lowest BCUT2D eigenvalue weighted by atomic mass is 10.2. The van der Waals surface area contributed by atoms with Crippen molar-refractivity contribution in [3.05, 3.63) is 100 Å². The van der Waals surface area contributed by atoms with Crippen molar-refractivity contribution in [1.82, 2.24) is 15.0 Å². The summed E-state index contributed by atoms with van der Waals surface area (Å²) in [6, 6.07) is 24.4. The third-order valence-corrected chi connectivity index (χ3v) is 5.64. The van der Waals surface area contributed by atoms with Gasteiger partial charge in [-0.15, -0.1) is 0 Å². The monoisotopic (exact) mass is 431 g/mol. The number of fused-ring (bicyclic) bond motifs is 1. The zero-order valence-corrected chi connectivity index (χ0v) is 17.8. The minimum atomic E-state index is -0.306. The predicted octanol–water partition coefficient (Wildman–Crippen LogP) is 4.03. The van der Waals surface area contributed by atoms with E-state index >= 15 is 0 Å². The van der Waals surface area contributed by atoms with Crippen LogP contribution in [-0.2, 0) is 16.2 Å². The number of aryl methyl sites for hydroxylation is 1. The molecule has 4 rings (SSSR count). The molecule has 0 bridgehead atoms. The van der Waals surface area contributed by atoms with E-state index in [-0.39, 0.29) is 23.8 Å². The van der Waals surface area contributed by atoms with Crippen molar-refractivity contribution in [3.8, 4) is 5.69 Å². The standard InChI is InChI=1S/C24H21N3O3S/c1-17-9-5-8-14-21(17)27-23(29)19-12-6-7-13-20(19)25-24(27)31-16-22(28)26-30-15-18-10-3-2-4-11-18/h2-14H,15-16H2,1H3,(H,26,28). The number of benzene rings is 3. The Bertz CT molecular complexity index is 1270. The Labute approximate surface area is 183 Å². The molecule has 3 aromatic carbocycles. The number of amides is 1. The van der Waals surface area contributed by atoms with Gasteiger partial charge in [0, 0.05) is 0 Å². The summed E-state index contributed by atoms with van der Waals surface area (Å²) in [5, 5.41) is 0.988. The molecule has 6 nitrogen and oxygen atoms in total. The number of nitrogens with zero attached hydrogens (tertiary/aromatic N) is 2. The van der Waals surface area contributed by atoms with Crippen molar-refractivity contribution < 1.29 is 9.63 Å². The minimum absolute atomic E-state index is 0.0610. The molecule has 0 aliphatic rings. The maximum atomic E-state index is 13.3. The molecule has 7 heteroatoms. The van der Waals surface area contributed by atoms with Crippen LogP contribution >= 0.6 is 11.8 Å². The third-order valence-electron chi connectivity index (χ3n) is 4.70. The molecule has 0 radical (unpaired) electrons. The molecule has 0 saturated carbocycles. The van der Waals surface area contributed by atoms with Gasteiger partial charge in [0.05, 0.1) is 29.0 Å². The summed E-state index contributed by atoms with van der Waals surface area (Å²) in [7, 11) is 0. The molecule has 1 heterocycles. The van der Waals surface area contributed by atoms with Gasteiger partial charge in [-0.1, -0.05) is 72.4 Å². The van der Waals surface area contributed by atoms with E-state index in [0.29, 0.717) is 16.1 Å². The molecule has 0 unspecified atom stereocenters. The van der Waals surface area contributed by atoms with Gasteiger partial charge >= 0.3 is 0 Å². The van der Waals surface area contributed by atoms with Crippen molar-refractivity contribution >= 4 is 28.6 Å². The Morgan fingerprint density at radius 3 is 2.52 bits per heavy atom. The van der Waals surface area contributed by atoms with Gasteiger partial charge in [-0.3, -0.25) is 19.0 Å². The van der Waals surface area contributed by atoms with Crippen LogP contribution in [0.3, 0.4) is 0 Å². The number of hydrogen-bond donors (Lipinski definition) is 1. The second-order valence-electron chi connectivity index (χ2n) is 6.93. The summed E-state index contributed by atoms with van der Waals surface area (Å²) in [5.74, 6) is -0.245. The molecule has 156 valence electrons. The van der Waals surface area contributed by atoms with E-state index < -0.39 is 0 Å². The van der Waals surface area contributed by atoms with Crippen LogP contribution in [0.2, 0.25) is 0 Å². The topological polar surface area (TPSA) is 73.2 Å². The second-order valence-corrected chi connectivity index (χ2v) is 7.87. The lowest BCUT2D eigenvalue weighted by molar-refractivity contribution is -0.131. The van der Waals surface area contributed by atoms with Crippen LogP contribution in [0.5, 0.6) is 0 Å². The smallest absolute Gasteiger partial charge is 0.266 e. The lowest BCUT2D eigenvalue weighted by Crippen LogP contribution is -2.27. The largest absolute Gasteiger partial charge is 0.272 e.